The molecule has 0 spiro atoms. The Labute approximate surface area is 77.5 Å². The summed E-state index contributed by atoms with van der Waals surface area (Å²) in [5.74, 6) is -1.27. The first-order chi connectivity index (χ1) is 5.97. The van der Waals surface area contributed by atoms with Crippen LogP contribution in [0, 0.1) is 0 Å². The van der Waals surface area contributed by atoms with E-state index in [1.54, 1.807) is 0 Å². The summed E-state index contributed by atoms with van der Waals surface area (Å²) in [6, 6.07) is -0.766. The summed E-state index contributed by atoms with van der Waals surface area (Å²) >= 11 is 0. The SMILES string of the molecule is CNC(CC(=O)NC(C)C)C(=O)O. The van der Waals surface area contributed by atoms with Crippen molar-refractivity contribution in [2.24, 2.45) is 0 Å². The predicted octanol–water partition coefficient (Wildman–Crippen LogP) is -0.426. The number of hydrogen-bond donors (Lipinski definition) is 3. The number of likely N-dealkylation sites (N-methyl/N-ethyl adjacent to an activating group) is 1. The van der Waals surface area contributed by atoms with Gasteiger partial charge in [0.25, 0.3) is 0 Å². The fourth-order valence-corrected chi connectivity index (χ4v) is 0.879. The van der Waals surface area contributed by atoms with E-state index in [4.69, 9.17) is 5.11 Å². The van der Waals surface area contributed by atoms with Gasteiger partial charge in [-0.1, -0.05) is 0 Å². The highest BCUT2D eigenvalue weighted by Gasteiger charge is 2.18. The minimum absolute atomic E-state index is 0.0377. The normalized spacial score (nSPS) is 12.6. The molecule has 0 rings (SSSR count). The van der Waals surface area contributed by atoms with E-state index in [2.05, 4.69) is 10.6 Å². The number of carboxylic acid groups (broad SMARTS) is 1. The Bertz CT molecular complexity index is 192. The van der Waals surface area contributed by atoms with E-state index >= 15 is 0 Å². The van der Waals surface area contributed by atoms with Gasteiger partial charge in [-0.05, 0) is 20.9 Å². The quantitative estimate of drug-likeness (QED) is 0.547. The Balaban J connectivity index is 3.94. The monoisotopic (exact) mass is 188 g/mol. The van der Waals surface area contributed by atoms with Crippen LogP contribution < -0.4 is 10.6 Å². The van der Waals surface area contributed by atoms with Gasteiger partial charge in [0.2, 0.25) is 5.91 Å². The van der Waals surface area contributed by atoms with Crippen LogP contribution in [0.3, 0.4) is 0 Å². The molecule has 0 aliphatic heterocycles. The van der Waals surface area contributed by atoms with Crippen LogP contribution in [-0.4, -0.2) is 36.1 Å². The van der Waals surface area contributed by atoms with Gasteiger partial charge < -0.3 is 15.7 Å². The fraction of sp³-hybridized carbons (Fsp3) is 0.750. The number of aliphatic carboxylic acids is 1. The molecule has 0 aliphatic carbocycles. The van der Waals surface area contributed by atoms with Crippen LogP contribution in [0.2, 0.25) is 0 Å². The summed E-state index contributed by atoms with van der Waals surface area (Å²) < 4.78 is 0. The molecule has 0 bridgehead atoms. The third-order valence-corrected chi connectivity index (χ3v) is 1.49. The largest absolute Gasteiger partial charge is 0.480 e. The number of amides is 1. The molecule has 76 valence electrons. The van der Waals surface area contributed by atoms with Crippen LogP contribution in [0.25, 0.3) is 0 Å². The molecule has 5 nitrogen and oxygen atoms in total. The van der Waals surface area contributed by atoms with Crippen molar-refractivity contribution in [3.05, 3.63) is 0 Å². The maximum absolute atomic E-state index is 11.1. The van der Waals surface area contributed by atoms with Gasteiger partial charge in [-0.25, -0.2) is 0 Å². The molecule has 5 heteroatoms. The average molecular weight is 188 g/mol. The van der Waals surface area contributed by atoms with E-state index in [0.29, 0.717) is 0 Å². The highest BCUT2D eigenvalue weighted by molar-refractivity contribution is 5.84. The third-order valence-electron chi connectivity index (χ3n) is 1.49. The zero-order valence-corrected chi connectivity index (χ0v) is 8.13. The second kappa shape index (κ2) is 5.53. The van der Waals surface area contributed by atoms with Crippen molar-refractivity contribution in [3.8, 4) is 0 Å². The minimum atomic E-state index is -1.01. The maximum Gasteiger partial charge on any atom is 0.321 e. The lowest BCUT2D eigenvalue weighted by Gasteiger charge is -2.12. The molecule has 3 N–H and O–H groups in total. The molecule has 0 radical (unpaired) electrons. The van der Waals surface area contributed by atoms with Gasteiger partial charge in [0.05, 0.1) is 6.42 Å². The van der Waals surface area contributed by atoms with Gasteiger partial charge in [-0.3, -0.25) is 9.59 Å². The van der Waals surface area contributed by atoms with Crippen molar-refractivity contribution in [2.75, 3.05) is 7.05 Å². The van der Waals surface area contributed by atoms with Crippen LogP contribution in [-0.2, 0) is 9.59 Å². The molecule has 0 fully saturated rings. The summed E-state index contributed by atoms with van der Waals surface area (Å²) in [6.45, 7) is 3.65. The Morgan fingerprint density at radius 1 is 1.38 bits per heavy atom. The molecule has 1 amide bonds. The number of carbonyl (C=O) groups excluding carboxylic acids is 1. The molecule has 0 heterocycles. The first-order valence-corrected chi connectivity index (χ1v) is 4.16. The summed E-state index contributed by atoms with van der Waals surface area (Å²) in [5.41, 5.74) is 0. The van der Waals surface area contributed by atoms with E-state index in [1.807, 2.05) is 13.8 Å². The highest BCUT2D eigenvalue weighted by atomic mass is 16.4. The molecular formula is C8H16N2O3. The van der Waals surface area contributed by atoms with Crippen molar-refractivity contribution < 1.29 is 14.7 Å². The van der Waals surface area contributed by atoms with Crippen LogP contribution >= 0.6 is 0 Å². The summed E-state index contributed by atoms with van der Waals surface area (Å²) in [7, 11) is 1.52. The standard InChI is InChI=1S/C8H16N2O3/c1-5(2)10-7(11)4-6(9-3)8(12)13/h5-6,9H,4H2,1-3H3,(H,10,11)(H,12,13). The van der Waals surface area contributed by atoms with Gasteiger partial charge in [0.1, 0.15) is 6.04 Å². The van der Waals surface area contributed by atoms with E-state index in [0.717, 1.165) is 0 Å². The van der Waals surface area contributed by atoms with Gasteiger partial charge in [-0.15, -0.1) is 0 Å². The van der Waals surface area contributed by atoms with Crippen LogP contribution in [0.1, 0.15) is 20.3 Å². The number of carboxylic acids is 1. The molecule has 1 atom stereocenters. The average Bonchev–Trinajstić information content (AvgIpc) is 1.98. The number of nitrogens with one attached hydrogen (secondary N) is 2. The van der Waals surface area contributed by atoms with E-state index < -0.39 is 12.0 Å². The zero-order valence-electron chi connectivity index (χ0n) is 8.13. The molecule has 0 aromatic rings. The van der Waals surface area contributed by atoms with Crippen molar-refractivity contribution in [3.63, 3.8) is 0 Å². The topological polar surface area (TPSA) is 78.4 Å². The van der Waals surface area contributed by atoms with Crippen LogP contribution in [0.15, 0.2) is 0 Å². The second-order valence-electron chi connectivity index (χ2n) is 3.11. The lowest BCUT2D eigenvalue weighted by atomic mass is 10.2. The van der Waals surface area contributed by atoms with Gasteiger partial charge in [0, 0.05) is 6.04 Å². The zero-order chi connectivity index (χ0) is 10.4. The van der Waals surface area contributed by atoms with Crippen molar-refractivity contribution in [1.82, 2.24) is 10.6 Å². The summed E-state index contributed by atoms with van der Waals surface area (Å²) in [6.07, 6.45) is -0.0377. The summed E-state index contributed by atoms with van der Waals surface area (Å²) in [4.78, 5) is 21.6. The number of rotatable bonds is 5. The van der Waals surface area contributed by atoms with Gasteiger partial charge >= 0.3 is 5.97 Å². The number of carbonyl (C=O) groups is 2. The number of hydrogen-bond acceptors (Lipinski definition) is 3. The molecule has 13 heavy (non-hydrogen) atoms. The maximum atomic E-state index is 11.1. The van der Waals surface area contributed by atoms with Crippen molar-refractivity contribution >= 4 is 11.9 Å². The van der Waals surface area contributed by atoms with Crippen LogP contribution in [0.5, 0.6) is 0 Å². The lowest BCUT2D eigenvalue weighted by Crippen LogP contribution is -2.40. The Hall–Kier alpha value is -1.10. The molecule has 0 aromatic carbocycles. The molecule has 0 aliphatic rings. The second-order valence-corrected chi connectivity index (χ2v) is 3.11. The first-order valence-electron chi connectivity index (χ1n) is 4.16. The molecule has 0 saturated carbocycles. The Kier molecular flexibility index (Phi) is 5.06. The lowest BCUT2D eigenvalue weighted by molar-refractivity contribution is -0.141. The van der Waals surface area contributed by atoms with E-state index in [9.17, 15) is 9.59 Å². The Morgan fingerprint density at radius 2 is 1.92 bits per heavy atom. The third kappa shape index (κ3) is 5.19. The van der Waals surface area contributed by atoms with Crippen LogP contribution in [0.4, 0.5) is 0 Å². The molecular weight excluding hydrogens is 172 g/mol. The Morgan fingerprint density at radius 3 is 2.23 bits per heavy atom. The highest BCUT2D eigenvalue weighted by Crippen LogP contribution is 1.92. The van der Waals surface area contributed by atoms with E-state index in [-0.39, 0.29) is 18.4 Å². The molecule has 0 aromatic heterocycles. The van der Waals surface area contributed by atoms with Gasteiger partial charge in [-0.2, -0.15) is 0 Å². The molecule has 0 saturated heterocycles. The predicted molar refractivity (Wildman–Crippen MR) is 48.4 cm³/mol. The van der Waals surface area contributed by atoms with Crippen molar-refractivity contribution in [2.45, 2.75) is 32.4 Å². The van der Waals surface area contributed by atoms with Gasteiger partial charge in [0.15, 0.2) is 0 Å². The summed E-state index contributed by atoms with van der Waals surface area (Å²) in [5, 5.41) is 13.8. The van der Waals surface area contributed by atoms with E-state index in [1.165, 1.54) is 7.05 Å². The fourth-order valence-electron chi connectivity index (χ4n) is 0.879. The molecule has 1 unspecified atom stereocenters. The van der Waals surface area contributed by atoms with Crippen molar-refractivity contribution in [1.29, 1.82) is 0 Å². The minimum Gasteiger partial charge on any atom is -0.480 e. The first kappa shape index (κ1) is 11.9. The smallest absolute Gasteiger partial charge is 0.321 e.